The third kappa shape index (κ3) is 4.02. The summed E-state index contributed by atoms with van der Waals surface area (Å²) in [6.45, 7) is 3.46. The Morgan fingerprint density at radius 1 is 1.23 bits per heavy atom. The summed E-state index contributed by atoms with van der Waals surface area (Å²) in [5.74, 6) is 2.11. The van der Waals surface area contributed by atoms with E-state index in [2.05, 4.69) is 21.6 Å². The molecule has 138 valence electrons. The number of nitrogens with zero attached hydrogens (tertiary/aromatic N) is 4. The highest BCUT2D eigenvalue weighted by Crippen LogP contribution is 2.38. The van der Waals surface area contributed by atoms with Crippen molar-refractivity contribution >= 4 is 11.6 Å². The van der Waals surface area contributed by atoms with E-state index in [-0.39, 0.29) is 0 Å². The number of aromatic nitrogens is 4. The zero-order chi connectivity index (χ0) is 18.5. The summed E-state index contributed by atoms with van der Waals surface area (Å²) < 4.78 is 15.1. The molecule has 0 bridgehead atoms. The topological polar surface area (TPSA) is 54.1 Å². The number of imidazole rings is 1. The molecule has 0 saturated carbocycles. The first-order chi connectivity index (χ1) is 12.6. The van der Waals surface area contributed by atoms with E-state index in [0.29, 0.717) is 23.1 Å². The molecule has 1 aromatic carbocycles. The summed E-state index contributed by atoms with van der Waals surface area (Å²) in [6, 6.07) is 3.68. The van der Waals surface area contributed by atoms with E-state index in [9.17, 15) is 0 Å². The zero-order valence-corrected chi connectivity index (χ0v) is 16.0. The Kier molecular flexibility index (Phi) is 5.83. The van der Waals surface area contributed by atoms with Crippen molar-refractivity contribution < 1.29 is 9.47 Å². The summed E-state index contributed by atoms with van der Waals surface area (Å²) in [5, 5.41) is 4.80. The van der Waals surface area contributed by atoms with Gasteiger partial charge < -0.3 is 14.0 Å². The van der Waals surface area contributed by atoms with E-state index >= 15 is 0 Å². The fraction of sp³-hybridized carbons (Fsp3) is 0.368. The van der Waals surface area contributed by atoms with Crippen molar-refractivity contribution in [2.75, 3.05) is 13.7 Å². The average Bonchev–Trinajstić information content (AvgIpc) is 3.26. The Hall–Kier alpha value is -2.47. The van der Waals surface area contributed by atoms with Gasteiger partial charge in [0.1, 0.15) is 5.82 Å². The van der Waals surface area contributed by atoms with Gasteiger partial charge in [-0.2, -0.15) is 5.10 Å². The number of methoxy groups -OCH3 is 1. The summed E-state index contributed by atoms with van der Waals surface area (Å²) in [5.41, 5.74) is 2.00. The van der Waals surface area contributed by atoms with Crippen LogP contribution < -0.4 is 9.47 Å². The molecule has 3 rings (SSSR count). The predicted octanol–water partition coefficient (Wildman–Crippen LogP) is 3.98. The van der Waals surface area contributed by atoms with Crippen LogP contribution in [-0.2, 0) is 20.0 Å². The highest BCUT2D eigenvalue weighted by atomic mass is 35.5. The van der Waals surface area contributed by atoms with Gasteiger partial charge in [-0.05, 0) is 24.5 Å². The molecule has 3 aromatic rings. The van der Waals surface area contributed by atoms with Crippen molar-refractivity contribution in [2.24, 2.45) is 7.05 Å². The maximum absolute atomic E-state index is 6.52. The van der Waals surface area contributed by atoms with Crippen molar-refractivity contribution in [2.45, 2.75) is 26.3 Å². The van der Waals surface area contributed by atoms with Gasteiger partial charge in [0.2, 0.25) is 0 Å². The standard InChI is InChI=1S/C19H23ClN4O2/c1-4-9-26-18-11-16(20)15(10-17(18)25-3)19-21-6-8-24(19)7-5-14-12-22-23(2)13-14/h6,8,10-13H,4-5,7,9H2,1-3H3. The lowest BCUT2D eigenvalue weighted by molar-refractivity contribution is 0.294. The van der Waals surface area contributed by atoms with E-state index in [1.165, 1.54) is 5.56 Å². The Morgan fingerprint density at radius 3 is 2.77 bits per heavy atom. The fourth-order valence-electron chi connectivity index (χ4n) is 2.78. The number of benzene rings is 1. The van der Waals surface area contributed by atoms with Gasteiger partial charge in [-0.15, -0.1) is 0 Å². The Morgan fingerprint density at radius 2 is 2.08 bits per heavy atom. The SMILES string of the molecule is CCCOc1cc(Cl)c(-c2nccn2CCc2cnn(C)c2)cc1OC. The van der Waals surface area contributed by atoms with Gasteiger partial charge in [0.25, 0.3) is 0 Å². The Balaban J connectivity index is 1.86. The van der Waals surface area contributed by atoms with Crippen LogP contribution in [-0.4, -0.2) is 33.0 Å². The minimum atomic E-state index is 0.589. The van der Waals surface area contributed by atoms with Gasteiger partial charge >= 0.3 is 0 Å². The van der Waals surface area contributed by atoms with Gasteiger partial charge in [0.15, 0.2) is 11.5 Å². The van der Waals surface area contributed by atoms with Crippen LogP contribution >= 0.6 is 11.6 Å². The second kappa shape index (κ2) is 8.27. The van der Waals surface area contributed by atoms with Crippen molar-refractivity contribution in [3.63, 3.8) is 0 Å². The molecule has 0 saturated heterocycles. The Bertz CT molecular complexity index is 872. The quantitative estimate of drug-likeness (QED) is 0.598. The van der Waals surface area contributed by atoms with E-state index in [1.807, 2.05) is 31.7 Å². The third-order valence-corrected chi connectivity index (χ3v) is 4.38. The minimum absolute atomic E-state index is 0.589. The van der Waals surface area contributed by atoms with Crippen LogP contribution in [0.3, 0.4) is 0 Å². The lowest BCUT2D eigenvalue weighted by Gasteiger charge is -2.14. The number of halogens is 1. The number of aryl methyl sites for hydroxylation is 3. The van der Waals surface area contributed by atoms with Crippen LogP contribution in [0.2, 0.25) is 5.02 Å². The van der Waals surface area contributed by atoms with Crippen molar-refractivity contribution in [3.8, 4) is 22.9 Å². The molecule has 0 radical (unpaired) electrons. The fourth-order valence-corrected chi connectivity index (χ4v) is 3.01. The first-order valence-electron chi connectivity index (χ1n) is 8.61. The van der Waals surface area contributed by atoms with Gasteiger partial charge in [-0.1, -0.05) is 18.5 Å². The van der Waals surface area contributed by atoms with Crippen LogP contribution in [0.15, 0.2) is 36.9 Å². The monoisotopic (exact) mass is 374 g/mol. The van der Waals surface area contributed by atoms with Crippen LogP contribution in [0, 0.1) is 0 Å². The Labute approximate surface area is 158 Å². The zero-order valence-electron chi connectivity index (χ0n) is 15.3. The van der Waals surface area contributed by atoms with Gasteiger partial charge in [-0.25, -0.2) is 4.98 Å². The maximum Gasteiger partial charge on any atom is 0.162 e. The largest absolute Gasteiger partial charge is 0.493 e. The van der Waals surface area contributed by atoms with Gasteiger partial charge in [0, 0.05) is 43.8 Å². The van der Waals surface area contributed by atoms with E-state index < -0.39 is 0 Å². The lowest BCUT2D eigenvalue weighted by atomic mass is 10.1. The molecule has 0 spiro atoms. The van der Waals surface area contributed by atoms with Crippen molar-refractivity contribution in [1.29, 1.82) is 0 Å². The molecule has 0 aliphatic carbocycles. The third-order valence-electron chi connectivity index (χ3n) is 4.07. The van der Waals surface area contributed by atoms with E-state index in [1.54, 1.807) is 24.1 Å². The van der Waals surface area contributed by atoms with Gasteiger partial charge in [-0.3, -0.25) is 4.68 Å². The summed E-state index contributed by atoms with van der Waals surface area (Å²) in [4.78, 5) is 4.49. The molecular formula is C19H23ClN4O2. The minimum Gasteiger partial charge on any atom is -0.493 e. The van der Waals surface area contributed by atoms with Crippen molar-refractivity contribution in [3.05, 3.63) is 47.5 Å². The average molecular weight is 375 g/mol. The van der Waals surface area contributed by atoms with Crippen LogP contribution in [0.25, 0.3) is 11.4 Å². The molecule has 0 aliphatic heterocycles. The second-order valence-corrected chi connectivity index (χ2v) is 6.46. The van der Waals surface area contributed by atoms with Crippen LogP contribution in [0.1, 0.15) is 18.9 Å². The van der Waals surface area contributed by atoms with Gasteiger partial charge in [0.05, 0.1) is 24.9 Å². The second-order valence-electron chi connectivity index (χ2n) is 6.05. The first kappa shape index (κ1) is 18.3. The molecule has 0 N–H and O–H groups in total. The van der Waals surface area contributed by atoms with Crippen molar-refractivity contribution in [1.82, 2.24) is 19.3 Å². The molecule has 0 amide bonds. The highest BCUT2D eigenvalue weighted by Gasteiger charge is 2.16. The van der Waals surface area contributed by atoms with Crippen LogP contribution in [0.5, 0.6) is 11.5 Å². The maximum atomic E-state index is 6.52. The molecule has 26 heavy (non-hydrogen) atoms. The summed E-state index contributed by atoms with van der Waals surface area (Å²) in [6.07, 6.45) is 9.42. The summed E-state index contributed by atoms with van der Waals surface area (Å²) in [7, 11) is 3.54. The van der Waals surface area contributed by atoms with E-state index in [4.69, 9.17) is 21.1 Å². The van der Waals surface area contributed by atoms with E-state index in [0.717, 1.165) is 30.8 Å². The predicted molar refractivity (Wildman–Crippen MR) is 102 cm³/mol. The highest BCUT2D eigenvalue weighted by molar-refractivity contribution is 6.33. The number of hydrogen-bond donors (Lipinski definition) is 0. The molecule has 0 unspecified atom stereocenters. The molecule has 0 fully saturated rings. The molecule has 2 aromatic heterocycles. The molecule has 0 aliphatic rings. The number of ether oxygens (including phenoxy) is 2. The normalized spacial score (nSPS) is 10.9. The first-order valence-corrected chi connectivity index (χ1v) is 8.99. The molecule has 7 heteroatoms. The van der Waals surface area contributed by atoms with Crippen LogP contribution in [0.4, 0.5) is 0 Å². The number of rotatable bonds is 8. The molecule has 0 atom stereocenters. The smallest absolute Gasteiger partial charge is 0.162 e. The molecule has 2 heterocycles. The summed E-state index contributed by atoms with van der Waals surface area (Å²) >= 11 is 6.52. The lowest BCUT2D eigenvalue weighted by Crippen LogP contribution is -2.03. The molecule has 6 nitrogen and oxygen atoms in total. The number of hydrogen-bond acceptors (Lipinski definition) is 4. The molecular weight excluding hydrogens is 352 g/mol.